The van der Waals surface area contributed by atoms with Gasteiger partial charge in [-0.25, -0.2) is 8.98 Å². The average molecular weight is 346 g/mol. The van der Waals surface area contributed by atoms with Gasteiger partial charge in [-0.2, -0.15) is 21.6 Å². The minimum atomic E-state index is -5.81. The van der Waals surface area contributed by atoms with E-state index in [1.54, 1.807) is 0 Å². The summed E-state index contributed by atoms with van der Waals surface area (Å²) in [6.45, 7) is 1.42. The van der Waals surface area contributed by atoms with E-state index in [-0.39, 0.29) is 18.9 Å². The van der Waals surface area contributed by atoms with E-state index in [1.165, 1.54) is 6.92 Å². The Kier molecular flexibility index (Phi) is 7.11. The number of esters is 1. The van der Waals surface area contributed by atoms with Crippen LogP contribution >= 0.6 is 0 Å². The predicted octanol–water partition coefficient (Wildman–Crippen LogP) is 3.14. The highest BCUT2D eigenvalue weighted by atomic mass is 32.2. The van der Waals surface area contributed by atoms with E-state index in [1.807, 2.05) is 0 Å². The lowest BCUT2D eigenvalue weighted by atomic mass is 9.85. The first-order valence-electron chi connectivity index (χ1n) is 7.33. The molecule has 0 bridgehead atoms. The second-order valence-electron chi connectivity index (χ2n) is 5.32. The van der Waals surface area contributed by atoms with Crippen LogP contribution < -0.4 is 0 Å². The highest BCUT2D eigenvalue weighted by molar-refractivity contribution is 7.87. The molecule has 1 rings (SSSR count). The van der Waals surface area contributed by atoms with Gasteiger partial charge in [0, 0.05) is 0 Å². The molecular formula is C13H21F3O5S. The van der Waals surface area contributed by atoms with Crippen molar-refractivity contribution >= 4 is 16.1 Å². The van der Waals surface area contributed by atoms with Crippen LogP contribution in [0.15, 0.2) is 0 Å². The molecule has 0 aromatic rings. The second-order valence-corrected chi connectivity index (χ2v) is 6.88. The zero-order valence-electron chi connectivity index (χ0n) is 12.4. The van der Waals surface area contributed by atoms with Gasteiger partial charge in [-0.05, 0) is 25.7 Å². The van der Waals surface area contributed by atoms with Gasteiger partial charge in [-0.3, -0.25) is 0 Å². The Hall–Kier alpha value is -0.830. The fraction of sp³-hybridized carbons (Fsp3) is 0.923. The van der Waals surface area contributed by atoms with Crippen molar-refractivity contribution in [1.29, 1.82) is 0 Å². The Morgan fingerprint density at radius 1 is 1.23 bits per heavy atom. The third-order valence-electron chi connectivity index (χ3n) is 3.64. The molecule has 22 heavy (non-hydrogen) atoms. The monoisotopic (exact) mass is 346 g/mol. The Bertz CT molecular complexity index is 455. The van der Waals surface area contributed by atoms with E-state index < -0.39 is 27.7 Å². The quantitative estimate of drug-likeness (QED) is 0.402. The van der Waals surface area contributed by atoms with Crippen LogP contribution in [0.1, 0.15) is 51.9 Å². The lowest BCUT2D eigenvalue weighted by Gasteiger charge is -2.23. The van der Waals surface area contributed by atoms with E-state index in [9.17, 15) is 26.4 Å². The van der Waals surface area contributed by atoms with Gasteiger partial charge in [0.05, 0.1) is 6.61 Å². The Balaban J connectivity index is 2.69. The summed E-state index contributed by atoms with van der Waals surface area (Å²) in [6, 6.07) is 0. The molecule has 1 saturated carbocycles. The standard InChI is InChI=1S/C13H21F3O5S/c1-2-20-12(17)11(21-22(18,19)13(14,15)16)9-8-10-6-4-3-5-7-10/h10-11H,2-9H2,1H3. The van der Waals surface area contributed by atoms with Crippen molar-refractivity contribution in [2.24, 2.45) is 5.92 Å². The molecule has 1 aliphatic rings. The van der Waals surface area contributed by atoms with Crippen LogP contribution in [0.4, 0.5) is 13.2 Å². The van der Waals surface area contributed by atoms with Crippen molar-refractivity contribution in [3.63, 3.8) is 0 Å². The first-order chi connectivity index (χ1) is 10.2. The van der Waals surface area contributed by atoms with E-state index in [0.29, 0.717) is 6.42 Å². The number of hydrogen-bond donors (Lipinski definition) is 0. The number of carbonyl (C=O) groups excluding carboxylic acids is 1. The number of halogens is 3. The molecular weight excluding hydrogens is 325 g/mol. The molecule has 0 saturated heterocycles. The van der Waals surface area contributed by atoms with E-state index in [0.717, 1.165) is 32.1 Å². The fourth-order valence-electron chi connectivity index (χ4n) is 2.51. The van der Waals surface area contributed by atoms with Crippen molar-refractivity contribution in [2.45, 2.75) is 63.5 Å². The molecule has 5 nitrogen and oxygen atoms in total. The normalized spacial score (nSPS) is 18.9. The molecule has 0 spiro atoms. The lowest BCUT2D eigenvalue weighted by Crippen LogP contribution is -2.35. The van der Waals surface area contributed by atoms with Gasteiger partial charge < -0.3 is 4.74 Å². The summed E-state index contributed by atoms with van der Waals surface area (Å²) < 4.78 is 67.9. The second kappa shape index (κ2) is 8.14. The average Bonchev–Trinajstić information content (AvgIpc) is 2.43. The number of carbonyl (C=O) groups is 1. The van der Waals surface area contributed by atoms with E-state index in [2.05, 4.69) is 8.92 Å². The molecule has 130 valence electrons. The number of rotatable bonds is 7. The maximum atomic E-state index is 12.4. The maximum absolute atomic E-state index is 12.4. The van der Waals surface area contributed by atoms with Gasteiger partial charge in [-0.15, -0.1) is 0 Å². The van der Waals surface area contributed by atoms with Gasteiger partial charge in [0.2, 0.25) is 0 Å². The Morgan fingerprint density at radius 2 is 1.82 bits per heavy atom. The summed E-state index contributed by atoms with van der Waals surface area (Å²) >= 11 is 0. The van der Waals surface area contributed by atoms with Gasteiger partial charge in [0.25, 0.3) is 0 Å². The van der Waals surface area contributed by atoms with E-state index in [4.69, 9.17) is 0 Å². The first-order valence-corrected chi connectivity index (χ1v) is 8.74. The zero-order chi connectivity index (χ0) is 16.8. The highest BCUT2D eigenvalue weighted by Gasteiger charge is 2.49. The van der Waals surface area contributed by atoms with Crippen molar-refractivity contribution in [2.75, 3.05) is 6.61 Å². The van der Waals surface area contributed by atoms with Crippen molar-refractivity contribution in [3.05, 3.63) is 0 Å². The molecule has 0 aliphatic heterocycles. The molecule has 9 heteroatoms. The molecule has 0 heterocycles. The van der Waals surface area contributed by atoms with Gasteiger partial charge >= 0.3 is 21.6 Å². The predicted molar refractivity (Wildman–Crippen MR) is 72.3 cm³/mol. The summed E-state index contributed by atoms with van der Waals surface area (Å²) in [7, 11) is -5.81. The molecule has 0 radical (unpaired) electrons. The smallest absolute Gasteiger partial charge is 0.464 e. The molecule has 0 amide bonds. The number of alkyl halides is 3. The summed E-state index contributed by atoms with van der Waals surface area (Å²) in [5.74, 6) is -0.797. The fourth-order valence-corrected chi connectivity index (χ4v) is 3.10. The first kappa shape index (κ1) is 19.2. The van der Waals surface area contributed by atoms with Crippen molar-refractivity contribution < 1.29 is 35.3 Å². The van der Waals surface area contributed by atoms with Crippen molar-refractivity contribution in [3.8, 4) is 0 Å². The van der Waals surface area contributed by atoms with E-state index >= 15 is 0 Å². The van der Waals surface area contributed by atoms with Crippen LogP contribution in [-0.4, -0.2) is 32.6 Å². The molecule has 1 unspecified atom stereocenters. The molecule has 0 aromatic heterocycles. The largest absolute Gasteiger partial charge is 0.523 e. The highest BCUT2D eigenvalue weighted by Crippen LogP contribution is 2.30. The number of ether oxygens (including phenoxy) is 1. The van der Waals surface area contributed by atoms with Gasteiger partial charge in [-0.1, -0.05) is 32.1 Å². The summed E-state index contributed by atoms with van der Waals surface area (Å²) in [5, 5.41) is 0. The van der Waals surface area contributed by atoms with Crippen LogP contribution in [-0.2, 0) is 23.8 Å². The van der Waals surface area contributed by atoms with Crippen LogP contribution in [0.5, 0.6) is 0 Å². The minimum Gasteiger partial charge on any atom is -0.464 e. The summed E-state index contributed by atoms with van der Waals surface area (Å²) in [4.78, 5) is 11.6. The maximum Gasteiger partial charge on any atom is 0.523 e. The SMILES string of the molecule is CCOC(=O)C(CCC1CCCCC1)OS(=O)(=O)C(F)(F)F. The molecule has 1 aliphatic carbocycles. The van der Waals surface area contributed by atoms with Crippen LogP contribution in [0.2, 0.25) is 0 Å². The topological polar surface area (TPSA) is 69.7 Å². The lowest BCUT2D eigenvalue weighted by molar-refractivity contribution is -0.152. The van der Waals surface area contributed by atoms with Crippen LogP contribution in [0, 0.1) is 5.92 Å². The van der Waals surface area contributed by atoms with Crippen LogP contribution in [0.3, 0.4) is 0 Å². The number of hydrogen-bond acceptors (Lipinski definition) is 5. The van der Waals surface area contributed by atoms with Crippen molar-refractivity contribution in [1.82, 2.24) is 0 Å². The third-order valence-corrected chi connectivity index (χ3v) is 4.69. The third kappa shape index (κ3) is 5.75. The van der Waals surface area contributed by atoms with Gasteiger partial charge in [0.1, 0.15) is 0 Å². The zero-order valence-corrected chi connectivity index (χ0v) is 13.2. The molecule has 1 atom stereocenters. The Labute approximate surface area is 128 Å². The molecule has 0 aromatic carbocycles. The molecule has 0 N–H and O–H groups in total. The minimum absolute atomic E-state index is 0.0613. The van der Waals surface area contributed by atoms with Gasteiger partial charge in [0.15, 0.2) is 6.10 Å². The van der Waals surface area contributed by atoms with Crippen LogP contribution in [0.25, 0.3) is 0 Å². The Morgan fingerprint density at radius 3 is 2.32 bits per heavy atom. The summed E-state index contributed by atoms with van der Waals surface area (Å²) in [5.41, 5.74) is -5.55. The molecule has 1 fully saturated rings. The summed E-state index contributed by atoms with van der Waals surface area (Å²) in [6.07, 6.45) is 3.66.